The molecule has 1 aliphatic heterocycles. The average Bonchev–Trinajstić information content (AvgIpc) is 2.44. The molecule has 2 rings (SSSR count). The summed E-state index contributed by atoms with van der Waals surface area (Å²) in [5, 5.41) is 2.82. The van der Waals surface area contributed by atoms with Gasteiger partial charge in [-0.05, 0) is 12.8 Å². The summed E-state index contributed by atoms with van der Waals surface area (Å²) in [4.78, 5) is 21.3. The first-order valence-electron chi connectivity index (χ1n) is 3.57. The van der Waals surface area contributed by atoms with E-state index in [1.807, 2.05) is 0 Å². The van der Waals surface area contributed by atoms with E-state index in [0.717, 1.165) is 19.1 Å². The quantitative estimate of drug-likeness (QED) is 0.507. The van der Waals surface area contributed by atoms with Crippen molar-refractivity contribution >= 4 is 12.2 Å². The van der Waals surface area contributed by atoms with Crippen LogP contribution < -0.4 is 5.32 Å². The van der Waals surface area contributed by atoms with E-state index in [1.165, 1.54) is 0 Å². The van der Waals surface area contributed by atoms with Crippen LogP contribution in [-0.4, -0.2) is 18.2 Å². The van der Waals surface area contributed by atoms with Gasteiger partial charge in [0.05, 0.1) is 0 Å². The summed E-state index contributed by atoms with van der Waals surface area (Å²) in [7, 11) is 0. The molecule has 3 heteroatoms. The highest BCUT2D eigenvalue weighted by Gasteiger charge is 2.45. The molecule has 54 valence electrons. The van der Waals surface area contributed by atoms with Crippen LogP contribution in [0.5, 0.6) is 0 Å². The topological polar surface area (TPSA) is 46.2 Å². The largest absolute Gasteiger partial charge is 0.353 e. The van der Waals surface area contributed by atoms with Crippen molar-refractivity contribution in [1.82, 2.24) is 5.32 Å². The Morgan fingerprint density at radius 1 is 1.50 bits per heavy atom. The Morgan fingerprint density at radius 3 is 2.70 bits per heavy atom. The Bertz CT molecular complexity index is 188. The molecule has 1 aliphatic carbocycles. The highest BCUT2D eigenvalue weighted by atomic mass is 16.2. The molecule has 0 aromatic carbocycles. The zero-order valence-electron chi connectivity index (χ0n) is 5.54. The SMILES string of the molecule is O=CC1CC2CC1C(=O)N2. The minimum atomic E-state index is 0.00231. The maximum atomic E-state index is 10.9. The van der Waals surface area contributed by atoms with Gasteiger partial charge in [-0.3, -0.25) is 4.79 Å². The van der Waals surface area contributed by atoms with Gasteiger partial charge in [0.25, 0.3) is 0 Å². The van der Waals surface area contributed by atoms with Crippen molar-refractivity contribution in [2.24, 2.45) is 11.8 Å². The lowest BCUT2D eigenvalue weighted by Crippen LogP contribution is -2.35. The first-order chi connectivity index (χ1) is 4.81. The maximum absolute atomic E-state index is 10.9. The molecule has 3 atom stereocenters. The van der Waals surface area contributed by atoms with E-state index in [4.69, 9.17) is 0 Å². The minimum Gasteiger partial charge on any atom is -0.353 e. The third-order valence-electron chi connectivity index (χ3n) is 2.47. The van der Waals surface area contributed by atoms with Gasteiger partial charge in [-0.15, -0.1) is 0 Å². The fourth-order valence-corrected chi connectivity index (χ4v) is 1.95. The Labute approximate surface area is 58.8 Å². The third-order valence-corrected chi connectivity index (χ3v) is 2.47. The zero-order valence-corrected chi connectivity index (χ0v) is 5.54. The predicted octanol–water partition coefficient (Wildman–Crippen LogP) is -0.290. The van der Waals surface area contributed by atoms with Crippen LogP contribution in [0.25, 0.3) is 0 Å². The van der Waals surface area contributed by atoms with Crippen molar-refractivity contribution in [3.63, 3.8) is 0 Å². The highest BCUT2D eigenvalue weighted by Crippen LogP contribution is 2.35. The Morgan fingerprint density at radius 2 is 2.30 bits per heavy atom. The van der Waals surface area contributed by atoms with Gasteiger partial charge in [-0.2, -0.15) is 0 Å². The molecule has 1 saturated heterocycles. The summed E-state index contributed by atoms with van der Waals surface area (Å²) in [6.07, 6.45) is 2.66. The Kier molecular flexibility index (Phi) is 1.07. The number of carbonyl (C=O) groups is 2. The predicted molar refractivity (Wildman–Crippen MR) is 34.2 cm³/mol. The molecule has 1 N–H and O–H groups in total. The fourth-order valence-electron chi connectivity index (χ4n) is 1.95. The van der Waals surface area contributed by atoms with Crippen molar-refractivity contribution in [3.05, 3.63) is 0 Å². The number of fused-ring (bicyclic) bond motifs is 2. The standard InChI is InChI=1S/C7H9NO2/c9-3-4-1-5-2-6(4)7(10)8-5/h3-6H,1-2H2,(H,8,10). The molecular weight excluding hydrogens is 130 g/mol. The Hall–Kier alpha value is -0.860. The van der Waals surface area contributed by atoms with Crippen molar-refractivity contribution in [3.8, 4) is 0 Å². The van der Waals surface area contributed by atoms with E-state index < -0.39 is 0 Å². The van der Waals surface area contributed by atoms with Crippen LogP contribution in [0.2, 0.25) is 0 Å². The van der Waals surface area contributed by atoms with Crippen LogP contribution in [0.1, 0.15) is 12.8 Å². The van der Waals surface area contributed by atoms with Crippen LogP contribution in [0.3, 0.4) is 0 Å². The molecule has 3 nitrogen and oxygen atoms in total. The number of aldehydes is 1. The van der Waals surface area contributed by atoms with Crippen LogP contribution in [0, 0.1) is 11.8 Å². The van der Waals surface area contributed by atoms with E-state index in [2.05, 4.69) is 5.32 Å². The van der Waals surface area contributed by atoms with Gasteiger partial charge in [-0.25, -0.2) is 0 Å². The first-order valence-corrected chi connectivity index (χ1v) is 3.57. The maximum Gasteiger partial charge on any atom is 0.224 e. The van der Waals surface area contributed by atoms with E-state index in [1.54, 1.807) is 0 Å². The van der Waals surface area contributed by atoms with Crippen LogP contribution >= 0.6 is 0 Å². The first kappa shape index (κ1) is 5.89. The number of carbonyl (C=O) groups excluding carboxylic acids is 2. The van der Waals surface area contributed by atoms with Gasteiger partial charge in [0.1, 0.15) is 6.29 Å². The molecule has 1 heterocycles. The van der Waals surface area contributed by atoms with E-state index >= 15 is 0 Å². The summed E-state index contributed by atoms with van der Waals surface area (Å²) in [5.41, 5.74) is 0. The normalized spacial score (nSPS) is 43.6. The Balaban J connectivity index is 2.19. The van der Waals surface area contributed by atoms with Crippen molar-refractivity contribution in [1.29, 1.82) is 0 Å². The molecule has 0 aromatic heterocycles. The monoisotopic (exact) mass is 139 g/mol. The zero-order chi connectivity index (χ0) is 7.14. The molecule has 0 radical (unpaired) electrons. The van der Waals surface area contributed by atoms with E-state index in [0.29, 0.717) is 6.04 Å². The summed E-state index contributed by atoms with van der Waals surface area (Å²) in [5.74, 6) is 0.0922. The third kappa shape index (κ3) is 0.602. The van der Waals surface area contributed by atoms with Gasteiger partial charge < -0.3 is 10.1 Å². The number of piperidine rings is 1. The van der Waals surface area contributed by atoms with E-state index in [-0.39, 0.29) is 17.7 Å². The number of amides is 1. The average molecular weight is 139 g/mol. The van der Waals surface area contributed by atoms with Crippen LogP contribution in [0.15, 0.2) is 0 Å². The number of hydrogen-bond acceptors (Lipinski definition) is 2. The fraction of sp³-hybridized carbons (Fsp3) is 0.714. The molecule has 10 heavy (non-hydrogen) atoms. The second kappa shape index (κ2) is 1.81. The van der Waals surface area contributed by atoms with Crippen molar-refractivity contribution < 1.29 is 9.59 Å². The van der Waals surface area contributed by atoms with Crippen LogP contribution in [-0.2, 0) is 9.59 Å². The number of hydrogen-bond donors (Lipinski definition) is 1. The molecule has 2 aliphatic rings. The summed E-state index contributed by atoms with van der Waals surface area (Å²) in [6, 6.07) is 0.299. The second-order valence-electron chi connectivity index (χ2n) is 3.08. The minimum absolute atomic E-state index is 0.00231. The molecule has 3 unspecified atom stereocenters. The number of nitrogens with one attached hydrogen (secondary N) is 1. The summed E-state index contributed by atoms with van der Waals surface area (Å²) in [6.45, 7) is 0. The summed E-state index contributed by atoms with van der Waals surface area (Å²) < 4.78 is 0. The molecule has 0 spiro atoms. The smallest absolute Gasteiger partial charge is 0.224 e. The van der Waals surface area contributed by atoms with Crippen molar-refractivity contribution in [2.75, 3.05) is 0 Å². The molecule has 2 bridgehead atoms. The van der Waals surface area contributed by atoms with Gasteiger partial charge in [-0.1, -0.05) is 0 Å². The van der Waals surface area contributed by atoms with E-state index in [9.17, 15) is 9.59 Å². The lowest BCUT2D eigenvalue weighted by molar-refractivity contribution is -0.128. The molecule has 1 amide bonds. The summed E-state index contributed by atoms with van der Waals surface area (Å²) >= 11 is 0. The molecular formula is C7H9NO2. The van der Waals surface area contributed by atoms with Gasteiger partial charge in [0, 0.05) is 17.9 Å². The van der Waals surface area contributed by atoms with Gasteiger partial charge in [0.15, 0.2) is 0 Å². The van der Waals surface area contributed by atoms with Gasteiger partial charge in [0.2, 0.25) is 5.91 Å². The lowest BCUT2D eigenvalue weighted by atomic mass is 9.96. The lowest BCUT2D eigenvalue weighted by Gasteiger charge is -2.15. The molecule has 1 saturated carbocycles. The van der Waals surface area contributed by atoms with Crippen molar-refractivity contribution in [2.45, 2.75) is 18.9 Å². The molecule has 0 aromatic rings. The highest BCUT2D eigenvalue weighted by molar-refractivity contribution is 5.85. The second-order valence-corrected chi connectivity index (χ2v) is 3.08. The molecule has 2 fully saturated rings. The number of rotatable bonds is 1. The van der Waals surface area contributed by atoms with Crippen LogP contribution in [0.4, 0.5) is 0 Å². The van der Waals surface area contributed by atoms with Gasteiger partial charge >= 0.3 is 0 Å².